The fourth-order valence-electron chi connectivity index (χ4n) is 4.30. The van der Waals surface area contributed by atoms with Gasteiger partial charge in [-0.2, -0.15) is 5.10 Å². The highest BCUT2D eigenvalue weighted by atomic mass is 15.2. The SMILES string of the molecule is c1cc2c(cc1Nc1ncc3ccc(-c4cn[nH]c4)cc3n1)CCN(C1CNC1)C2. The van der Waals surface area contributed by atoms with Crippen LogP contribution in [0.1, 0.15) is 11.1 Å². The molecule has 0 atom stereocenters. The van der Waals surface area contributed by atoms with Crippen molar-refractivity contribution >= 4 is 22.5 Å². The molecule has 0 amide bonds. The lowest BCUT2D eigenvalue weighted by atomic mass is 9.96. The number of hydrogen-bond acceptors (Lipinski definition) is 6. The molecule has 2 aromatic heterocycles. The van der Waals surface area contributed by atoms with Crippen LogP contribution in [0.3, 0.4) is 0 Å². The van der Waals surface area contributed by atoms with Crippen LogP contribution in [0, 0.1) is 0 Å². The van der Waals surface area contributed by atoms with Gasteiger partial charge in [0, 0.05) is 61.3 Å². The minimum Gasteiger partial charge on any atom is -0.324 e. The maximum absolute atomic E-state index is 4.74. The van der Waals surface area contributed by atoms with Crippen molar-refractivity contribution < 1.29 is 0 Å². The van der Waals surface area contributed by atoms with Crippen molar-refractivity contribution in [2.45, 2.75) is 19.0 Å². The Morgan fingerprint density at radius 2 is 1.97 bits per heavy atom. The van der Waals surface area contributed by atoms with E-state index in [1.165, 1.54) is 11.1 Å². The summed E-state index contributed by atoms with van der Waals surface area (Å²) in [4.78, 5) is 11.8. The summed E-state index contributed by atoms with van der Waals surface area (Å²) in [7, 11) is 0. The molecule has 0 saturated carbocycles. The maximum atomic E-state index is 4.74. The Kier molecular flexibility index (Phi) is 4.21. The highest BCUT2D eigenvalue weighted by Gasteiger charge is 2.27. The molecule has 150 valence electrons. The molecule has 2 aromatic carbocycles. The number of hydrogen-bond donors (Lipinski definition) is 3. The predicted molar refractivity (Wildman–Crippen MR) is 118 cm³/mol. The van der Waals surface area contributed by atoms with Gasteiger partial charge in [-0.3, -0.25) is 10.00 Å². The normalized spacial score (nSPS) is 16.9. The Hall–Kier alpha value is -3.29. The van der Waals surface area contributed by atoms with Gasteiger partial charge in [0.25, 0.3) is 0 Å². The molecule has 0 bridgehead atoms. The third-order valence-corrected chi connectivity index (χ3v) is 6.19. The Balaban J connectivity index is 1.24. The summed E-state index contributed by atoms with van der Waals surface area (Å²) in [6.07, 6.45) is 6.66. The molecule has 1 fully saturated rings. The number of aromatic amines is 1. The summed E-state index contributed by atoms with van der Waals surface area (Å²) >= 11 is 0. The molecule has 4 aromatic rings. The molecule has 7 nitrogen and oxygen atoms in total. The highest BCUT2D eigenvalue weighted by molar-refractivity contribution is 5.84. The Morgan fingerprint density at radius 3 is 2.80 bits per heavy atom. The zero-order chi connectivity index (χ0) is 19.9. The van der Waals surface area contributed by atoms with Crippen LogP contribution in [0.2, 0.25) is 0 Å². The first kappa shape index (κ1) is 17.6. The molecule has 0 spiro atoms. The molecule has 2 aliphatic heterocycles. The van der Waals surface area contributed by atoms with Crippen LogP contribution in [0.5, 0.6) is 0 Å². The number of aromatic nitrogens is 4. The summed E-state index contributed by atoms with van der Waals surface area (Å²) in [6, 6.07) is 13.5. The second kappa shape index (κ2) is 7.19. The van der Waals surface area contributed by atoms with Crippen LogP contribution in [-0.4, -0.2) is 50.7 Å². The van der Waals surface area contributed by atoms with E-state index < -0.39 is 0 Å². The van der Waals surface area contributed by atoms with Gasteiger partial charge in [-0.05, 0) is 41.3 Å². The largest absolute Gasteiger partial charge is 0.324 e. The minimum absolute atomic E-state index is 0.616. The van der Waals surface area contributed by atoms with Gasteiger partial charge in [0.2, 0.25) is 5.95 Å². The second-order valence-corrected chi connectivity index (χ2v) is 8.10. The third kappa shape index (κ3) is 3.22. The molecular formula is C23H23N7. The lowest BCUT2D eigenvalue weighted by Gasteiger charge is -2.41. The van der Waals surface area contributed by atoms with Crippen LogP contribution in [-0.2, 0) is 13.0 Å². The predicted octanol–water partition coefficient (Wildman–Crippen LogP) is 3.09. The highest BCUT2D eigenvalue weighted by Crippen LogP contribution is 2.27. The number of anilines is 2. The van der Waals surface area contributed by atoms with Crippen LogP contribution in [0.25, 0.3) is 22.0 Å². The minimum atomic E-state index is 0.616. The van der Waals surface area contributed by atoms with Crippen molar-refractivity contribution in [3.8, 4) is 11.1 Å². The van der Waals surface area contributed by atoms with Crippen molar-refractivity contribution in [2.24, 2.45) is 0 Å². The number of H-pyrrole nitrogens is 1. The first-order valence-corrected chi connectivity index (χ1v) is 10.4. The van der Waals surface area contributed by atoms with E-state index >= 15 is 0 Å². The first-order valence-electron chi connectivity index (χ1n) is 10.4. The van der Waals surface area contributed by atoms with Gasteiger partial charge >= 0.3 is 0 Å². The molecule has 0 aliphatic carbocycles. The summed E-state index contributed by atoms with van der Waals surface area (Å²) in [5, 5.41) is 14.7. The maximum Gasteiger partial charge on any atom is 0.227 e. The van der Waals surface area contributed by atoms with E-state index in [2.05, 4.69) is 61.0 Å². The smallest absolute Gasteiger partial charge is 0.227 e. The molecular weight excluding hydrogens is 374 g/mol. The zero-order valence-electron chi connectivity index (χ0n) is 16.6. The van der Waals surface area contributed by atoms with Crippen LogP contribution in [0.4, 0.5) is 11.6 Å². The van der Waals surface area contributed by atoms with Crippen molar-refractivity contribution in [3.05, 3.63) is 66.1 Å². The number of nitrogens with one attached hydrogen (secondary N) is 3. The molecule has 6 rings (SSSR count). The Bertz CT molecular complexity index is 1200. The van der Waals surface area contributed by atoms with Gasteiger partial charge in [-0.15, -0.1) is 0 Å². The second-order valence-electron chi connectivity index (χ2n) is 8.10. The fourth-order valence-corrected chi connectivity index (χ4v) is 4.30. The van der Waals surface area contributed by atoms with Crippen molar-refractivity contribution in [1.82, 2.24) is 30.4 Å². The van der Waals surface area contributed by atoms with Gasteiger partial charge in [0.05, 0.1) is 11.7 Å². The summed E-state index contributed by atoms with van der Waals surface area (Å²) in [6.45, 7) is 4.42. The molecule has 7 heteroatoms. The lowest BCUT2D eigenvalue weighted by Crippen LogP contribution is -2.57. The third-order valence-electron chi connectivity index (χ3n) is 6.19. The molecule has 4 heterocycles. The van der Waals surface area contributed by atoms with E-state index in [1.54, 1.807) is 0 Å². The molecule has 2 aliphatic rings. The van der Waals surface area contributed by atoms with E-state index in [4.69, 9.17) is 4.98 Å². The molecule has 0 unspecified atom stereocenters. The first-order chi connectivity index (χ1) is 14.8. The van der Waals surface area contributed by atoms with Gasteiger partial charge in [-0.1, -0.05) is 18.2 Å². The quantitative estimate of drug-likeness (QED) is 0.491. The van der Waals surface area contributed by atoms with Crippen LogP contribution < -0.4 is 10.6 Å². The van der Waals surface area contributed by atoms with E-state index in [1.807, 2.05) is 24.7 Å². The topological polar surface area (TPSA) is 81.8 Å². The lowest BCUT2D eigenvalue weighted by molar-refractivity contribution is 0.131. The van der Waals surface area contributed by atoms with E-state index in [-0.39, 0.29) is 0 Å². The van der Waals surface area contributed by atoms with Gasteiger partial charge in [0.1, 0.15) is 0 Å². The standard InChI is InChI=1S/C23H23N7/c1-2-17-9-25-23(29-22(17)8-15(1)19-10-26-27-11-19)28-20-4-3-18-14-30(21-12-24-13-21)6-5-16(18)7-20/h1-4,7-11,21,24H,5-6,12-14H2,(H,26,27)(H,25,28,29). The van der Waals surface area contributed by atoms with Gasteiger partial charge in [0.15, 0.2) is 0 Å². The zero-order valence-corrected chi connectivity index (χ0v) is 16.6. The van der Waals surface area contributed by atoms with Crippen LogP contribution in [0.15, 0.2) is 55.0 Å². The number of benzene rings is 2. The van der Waals surface area contributed by atoms with E-state index in [9.17, 15) is 0 Å². The number of rotatable bonds is 4. The average Bonchev–Trinajstić information content (AvgIpc) is 3.27. The van der Waals surface area contributed by atoms with E-state index in [0.29, 0.717) is 12.0 Å². The Labute approximate surface area is 174 Å². The summed E-state index contributed by atoms with van der Waals surface area (Å²) in [5.41, 5.74) is 6.94. The van der Waals surface area contributed by atoms with E-state index in [0.717, 1.165) is 60.3 Å². The van der Waals surface area contributed by atoms with Crippen molar-refractivity contribution in [3.63, 3.8) is 0 Å². The van der Waals surface area contributed by atoms with Crippen molar-refractivity contribution in [2.75, 3.05) is 25.0 Å². The summed E-state index contributed by atoms with van der Waals surface area (Å²) < 4.78 is 0. The molecule has 1 saturated heterocycles. The monoisotopic (exact) mass is 397 g/mol. The number of fused-ring (bicyclic) bond motifs is 2. The van der Waals surface area contributed by atoms with Gasteiger partial charge in [-0.25, -0.2) is 9.97 Å². The molecule has 30 heavy (non-hydrogen) atoms. The molecule has 3 N–H and O–H groups in total. The molecule has 0 radical (unpaired) electrons. The van der Waals surface area contributed by atoms with Crippen molar-refractivity contribution in [1.29, 1.82) is 0 Å². The Morgan fingerprint density at radius 1 is 1.00 bits per heavy atom. The average molecular weight is 397 g/mol. The summed E-state index contributed by atoms with van der Waals surface area (Å²) in [5.74, 6) is 0.616. The van der Waals surface area contributed by atoms with Crippen LogP contribution >= 0.6 is 0 Å². The van der Waals surface area contributed by atoms with Gasteiger partial charge < -0.3 is 10.6 Å². The number of nitrogens with zero attached hydrogens (tertiary/aromatic N) is 4. The fraction of sp³-hybridized carbons (Fsp3) is 0.261.